The fraction of sp³-hybridized carbons (Fsp3) is 0.941. The normalized spacial score (nSPS) is 17.5. The Hall–Kier alpha value is -0.810. The maximum absolute atomic E-state index is 5.58. The van der Waals surface area contributed by atoms with Gasteiger partial charge in [-0.1, -0.05) is 26.7 Å². The molecule has 2 N–H and O–H groups in total. The molecule has 0 bridgehead atoms. The van der Waals surface area contributed by atoms with Crippen molar-refractivity contribution in [2.75, 3.05) is 53.0 Å². The molecule has 130 valence electrons. The predicted octanol–water partition coefficient (Wildman–Crippen LogP) is 2.09. The van der Waals surface area contributed by atoms with Gasteiger partial charge in [-0.25, -0.2) is 0 Å². The first-order valence-corrected chi connectivity index (χ1v) is 8.97. The summed E-state index contributed by atoms with van der Waals surface area (Å²) in [5.41, 5.74) is 0. The van der Waals surface area contributed by atoms with Crippen LogP contribution in [0.25, 0.3) is 0 Å². The summed E-state index contributed by atoms with van der Waals surface area (Å²) in [6, 6.07) is 0. The van der Waals surface area contributed by atoms with Crippen LogP contribution in [0.5, 0.6) is 0 Å². The first kappa shape index (κ1) is 19.2. The Labute approximate surface area is 136 Å². The molecule has 0 aromatic carbocycles. The number of aliphatic imine (C=N–C) groups is 1. The zero-order valence-corrected chi connectivity index (χ0v) is 14.9. The van der Waals surface area contributed by atoms with Gasteiger partial charge < -0.3 is 20.3 Å². The zero-order valence-electron chi connectivity index (χ0n) is 14.9. The Morgan fingerprint density at radius 1 is 1.09 bits per heavy atom. The molecule has 1 rings (SSSR count). The van der Waals surface area contributed by atoms with Gasteiger partial charge in [0, 0.05) is 39.9 Å². The molecule has 0 aliphatic carbocycles. The van der Waals surface area contributed by atoms with Crippen molar-refractivity contribution >= 4 is 5.96 Å². The van der Waals surface area contributed by atoms with E-state index in [1.165, 1.54) is 38.8 Å². The monoisotopic (exact) mass is 312 g/mol. The van der Waals surface area contributed by atoms with Crippen LogP contribution in [0.2, 0.25) is 0 Å². The van der Waals surface area contributed by atoms with E-state index in [-0.39, 0.29) is 0 Å². The Kier molecular flexibility index (Phi) is 11.1. The van der Waals surface area contributed by atoms with Gasteiger partial charge in [0.2, 0.25) is 0 Å². The smallest absolute Gasteiger partial charge is 0.191 e. The third-order valence-corrected chi connectivity index (χ3v) is 3.85. The molecule has 1 saturated heterocycles. The van der Waals surface area contributed by atoms with Crippen LogP contribution in [0.1, 0.15) is 46.0 Å². The molecule has 0 spiro atoms. The highest BCUT2D eigenvalue weighted by molar-refractivity contribution is 5.79. The van der Waals surface area contributed by atoms with Crippen LogP contribution < -0.4 is 10.6 Å². The number of hydrogen-bond acceptors (Lipinski definition) is 3. The zero-order chi connectivity index (χ0) is 16.0. The lowest BCUT2D eigenvalue weighted by atomic mass is 10.2. The van der Waals surface area contributed by atoms with E-state index in [1.54, 1.807) is 0 Å². The quantitative estimate of drug-likeness (QED) is 0.389. The first-order chi connectivity index (χ1) is 10.7. The molecule has 0 aromatic heterocycles. The van der Waals surface area contributed by atoms with Gasteiger partial charge in [-0.15, -0.1) is 0 Å². The minimum absolute atomic E-state index is 0.612. The van der Waals surface area contributed by atoms with Gasteiger partial charge in [-0.2, -0.15) is 0 Å². The predicted molar refractivity (Wildman–Crippen MR) is 94.5 cm³/mol. The minimum atomic E-state index is 0.612. The van der Waals surface area contributed by atoms with Gasteiger partial charge in [0.05, 0.1) is 0 Å². The summed E-state index contributed by atoms with van der Waals surface area (Å²) < 4.78 is 5.58. The van der Waals surface area contributed by atoms with Crippen LogP contribution in [0.3, 0.4) is 0 Å². The molecule has 5 heteroatoms. The topological polar surface area (TPSA) is 48.9 Å². The third-order valence-electron chi connectivity index (χ3n) is 3.85. The van der Waals surface area contributed by atoms with Gasteiger partial charge in [-0.3, -0.25) is 4.99 Å². The van der Waals surface area contributed by atoms with Gasteiger partial charge >= 0.3 is 0 Å². The Morgan fingerprint density at radius 2 is 1.77 bits per heavy atom. The summed E-state index contributed by atoms with van der Waals surface area (Å²) >= 11 is 0. The molecule has 0 radical (unpaired) electrons. The summed E-state index contributed by atoms with van der Waals surface area (Å²) in [4.78, 5) is 6.83. The van der Waals surface area contributed by atoms with Gasteiger partial charge in [0.15, 0.2) is 5.96 Å². The average molecular weight is 313 g/mol. The largest absolute Gasteiger partial charge is 0.381 e. The van der Waals surface area contributed by atoms with E-state index in [4.69, 9.17) is 4.74 Å². The van der Waals surface area contributed by atoms with Crippen molar-refractivity contribution in [2.24, 2.45) is 10.9 Å². The van der Waals surface area contributed by atoms with Crippen molar-refractivity contribution in [3.63, 3.8) is 0 Å². The molecule has 0 atom stereocenters. The maximum Gasteiger partial charge on any atom is 0.191 e. The summed E-state index contributed by atoms with van der Waals surface area (Å²) in [6.07, 6.45) is 6.50. The van der Waals surface area contributed by atoms with E-state index in [9.17, 15) is 0 Å². The third kappa shape index (κ3) is 10.0. The second kappa shape index (κ2) is 12.7. The van der Waals surface area contributed by atoms with Crippen molar-refractivity contribution in [1.29, 1.82) is 0 Å². The fourth-order valence-corrected chi connectivity index (χ4v) is 2.61. The second-order valence-electron chi connectivity index (χ2n) is 6.50. The van der Waals surface area contributed by atoms with Gasteiger partial charge in [-0.05, 0) is 38.3 Å². The molecule has 1 fully saturated rings. The average Bonchev–Trinajstić information content (AvgIpc) is 2.77. The van der Waals surface area contributed by atoms with Crippen molar-refractivity contribution in [3.8, 4) is 0 Å². The van der Waals surface area contributed by atoms with Crippen LogP contribution in [-0.4, -0.2) is 63.8 Å². The summed E-state index contributed by atoms with van der Waals surface area (Å²) in [7, 11) is 1.83. The van der Waals surface area contributed by atoms with E-state index in [1.807, 2.05) is 7.05 Å². The van der Waals surface area contributed by atoms with Crippen molar-refractivity contribution in [3.05, 3.63) is 0 Å². The molecule has 5 nitrogen and oxygen atoms in total. The van der Waals surface area contributed by atoms with Crippen molar-refractivity contribution < 1.29 is 4.74 Å². The van der Waals surface area contributed by atoms with Crippen LogP contribution >= 0.6 is 0 Å². The van der Waals surface area contributed by atoms with Crippen LogP contribution in [0.4, 0.5) is 0 Å². The number of guanidine groups is 1. The Balaban J connectivity index is 2.02. The molecule has 1 aliphatic rings. The molecule has 0 aromatic rings. The van der Waals surface area contributed by atoms with E-state index in [0.29, 0.717) is 5.92 Å². The Morgan fingerprint density at radius 3 is 2.41 bits per heavy atom. The maximum atomic E-state index is 5.58. The van der Waals surface area contributed by atoms with Gasteiger partial charge in [0.25, 0.3) is 0 Å². The molecular weight excluding hydrogens is 276 g/mol. The number of nitrogens with zero attached hydrogens (tertiary/aromatic N) is 2. The van der Waals surface area contributed by atoms with E-state index >= 15 is 0 Å². The van der Waals surface area contributed by atoms with E-state index < -0.39 is 0 Å². The number of rotatable bonds is 9. The standard InChI is InChI=1S/C17H36N4O/c1-16(2)15-22-14-8-9-19-17(18-3)20-10-13-21-11-6-4-5-7-12-21/h16H,4-15H2,1-3H3,(H2,18,19,20). The molecule has 1 aliphatic heterocycles. The van der Waals surface area contributed by atoms with Crippen LogP contribution in [0.15, 0.2) is 4.99 Å². The molecule has 1 heterocycles. The lowest BCUT2D eigenvalue weighted by molar-refractivity contribution is 0.108. The number of ether oxygens (including phenoxy) is 1. The molecule has 22 heavy (non-hydrogen) atoms. The molecular formula is C17H36N4O. The number of nitrogens with one attached hydrogen (secondary N) is 2. The van der Waals surface area contributed by atoms with Gasteiger partial charge in [0.1, 0.15) is 0 Å². The van der Waals surface area contributed by atoms with E-state index in [2.05, 4.69) is 34.4 Å². The lowest BCUT2D eigenvalue weighted by Gasteiger charge is -2.20. The van der Waals surface area contributed by atoms with Crippen molar-refractivity contribution in [2.45, 2.75) is 46.0 Å². The summed E-state index contributed by atoms with van der Waals surface area (Å²) in [5.74, 6) is 1.51. The lowest BCUT2D eigenvalue weighted by Crippen LogP contribution is -2.42. The highest BCUT2D eigenvalue weighted by atomic mass is 16.5. The minimum Gasteiger partial charge on any atom is -0.381 e. The molecule has 0 amide bonds. The van der Waals surface area contributed by atoms with Crippen LogP contribution in [-0.2, 0) is 4.74 Å². The highest BCUT2D eigenvalue weighted by Gasteiger charge is 2.08. The second-order valence-corrected chi connectivity index (χ2v) is 6.50. The number of hydrogen-bond donors (Lipinski definition) is 2. The Bertz CT molecular complexity index is 286. The molecule has 0 saturated carbocycles. The van der Waals surface area contributed by atoms with Crippen LogP contribution in [0, 0.1) is 5.92 Å². The summed E-state index contributed by atoms with van der Waals surface area (Å²) in [5, 5.41) is 6.75. The highest BCUT2D eigenvalue weighted by Crippen LogP contribution is 2.08. The number of likely N-dealkylation sites (tertiary alicyclic amines) is 1. The fourth-order valence-electron chi connectivity index (χ4n) is 2.61. The van der Waals surface area contributed by atoms with Crippen molar-refractivity contribution in [1.82, 2.24) is 15.5 Å². The SMILES string of the molecule is CN=C(NCCCOCC(C)C)NCCN1CCCCCC1. The van der Waals surface area contributed by atoms with E-state index in [0.717, 1.165) is 45.2 Å². The summed E-state index contributed by atoms with van der Waals surface area (Å²) in [6.45, 7) is 11.5. The molecule has 0 unspecified atom stereocenters. The first-order valence-electron chi connectivity index (χ1n) is 8.97.